The molecule has 4 nitrogen and oxygen atoms in total. The van der Waals surface area contributed by atoms with Crippen molar-refractivity contribution >= 4 is 5.91 Å². The second-order valence-corrected chi connectivity index (χ2v) is 3.66. The van der Waals surface area contributed by atoms with Crippen molar-refractivity contribution in [1.82, 2.24) is 10.3 Å². The van der Waals surface area contributed by atoms with E-state index in [1.54, 1.807) is 12.3 Å². The number of nitrogens with one attached hydrogen (secondary N) is 1. The third-order valence-corrected chi connectivity index (χ3v) is 2.36. The van der Waals surface area contributed by atoms with Crippen LogP contribution >= 0.6 is 0 Å². The SMILES string of the molecule is CCC(C)NC(=O)c1ccncc1C#CCO. The molecule has 0 aromatic carbocycles. The number of carbonyl (C=O) groups is 1. The first-order valence-electron chi connectivity index (χ1n) is 5.53. The van der Waals surface area contributed by atoms with Crippen molar-refractivity contribution in [2.24, 2.45) is 0 Å². The van der Waals surface area contributed by atoms with Crippen molar-refractivity contribution < 1.29 is 9.90 Å². The molecule has 0 spiro atoms. The monoisotopic (exact) mass is 232 g/mol. The fraction of sp³-hybridized carbons (Fsp3) is 0.385. The molecule has 1 rings (SSSR count). The Morgan fingerprint density at radius 2 is 2.41 bits per heavy atom. The molecule has 0 bridgehead atoms. The molecule has 0 aliphatic rings. The second-order valence-electron chi connectivity index (χ2n) is 3.66. The predicted molar refractivity (Wildman–Crippen MR) is 65.4 cm³/mol. The van der Waals surface area contributed by atoms with Gasteiger partial charge < -0.3 is 10.4 Å². The van der Waals surface area contributed by atoms with Crippen molar-refractivity contribution in [1.29, 1.82) is 0 Å². The number of carbonyl (C=O) groups excluding carboxylic acids is 1. The van der Waals surface area contributed by atoms with E-state index in [2.05, 4.69) is 22.1 Å². The lowest BCUT2D eigenvalue weighted by molar-refractivity contribution is 0.0939. The van der Waals surface area contributed by atoms with E-state index in [0.717, 1.165) is 6.42 Å². The lowest BCUT2D eigenvalue weighted by Gasteiger charge is -2.11. The molecular weight excluding hydrogens is 216 g/mol. The van der Waals surface area contributed by atoms with Crippen molar-refractivity contribution in [2.75, 3.05) is 6.61 Å². The van der Waals surface area contributed by atoms with Crippen LogP contribution in [0.1, 0.15) is 36.2 Å². The number of hydrogen-bond acceptors (Lipinski definition) is 3. The number of hydrogen-bond donors (Lipinski definition) is 2. The van der Waals surface area contributed by atoms with Crippen LogP contribution in [-0.2, 0) is 0 Å². The number of aromatic nitrogens is 1. The fourth-order valence-corrected chi connectivity index (χ4v) is 1.23. The van der Waals surface area contributed by atoms with E-state index in [-0.39, 0.29) is 18.6 Å². The number of nitrogens with zero attached hydrogens (tertiary/aromatic N) is 1. The molecule has 0 aliphatic heterocycles. The zero-order valence-electron chi connectivity index (χ0n) is 10.0. The second kappa shape index (κ2) is 6.66. The van der Waals surface area contributed by atoms with Gasteiger partial charge in [0.25, 0.3) is 5.91 Å². The fourth-order valence-electron chi connectivity index (χ4n) is 1.23. The average Bonchev–Trinajstić information content (AvgIpc) is 2.36. The molecule has 1 aromatic rings. The molecule has 4 heteroatoms. The molecule has 17 heavy (non-hydrogen) atoms. The van der Waals surface area contributed by atoms with Crippen molar-refractivity contribution in [3.05, 3.63) is 29.6 Å². The molecule has 1 heterocycles. The Labute approximate surface area is 101 Å². The van der Waals surface area contributed by atoms with Crippen LogP contribution < -0.4 is 5.32 Å². The van der Waals surface area contributed by atoms with Gasteiger partial charge in [-0.25, -0.2) is 0 Å². The molecule has 1 amide bonds. The number of pyridine rings is 1. The van der Waals surface area contributed by atoms with E-state index >= 15 is 0 Å². The number of rotatable bonds is 3. The summed E-state index contributed by atoms with van der Waals surface area (Å²) in [5.41, 5.74) is 1.02. The van der Waals surface area contributed by atoms with Crippen LogP contribution in [0.3, 0.4) is 0 Å². The minimum atomic E-state index is -0.235. The van der Waals surface area contributed by atoms with E-state index in [0.29, 0.717) is 11.1 Å². The van der Waals surface area contributed by atoms with Crippen LogP contribution in [0.5, 0.6) is 0 Å². The molecule has 1 aromatic heterocycles. The standard InChI is InChI=1S/C13H16N2O2/c1-3-10(2)15-13(17)12-6-7-14-9-11(12)5-4-8-16/h6-7,9-10,16H,3,8H2,1-2H3,(H,15,17). The summed E-state index contributed by atoms with van der Waals surface area (Å²) in [5.74, 6) is 5.06. The van der Waals surface area contributed by atoms with Gasteiger partial charge in [-0.3, -0.25) is 9.78 Å². The highest BCUT2D eigenvalue weighted by atomic mass is 16.2. The van der Waals surface area contributed by atoms with Crippen LogP contribution in [0.15, 0.2) is 18.5 Å². The summed E-state index contributed by atoms with van der Waals surface area (Å²) in [6.45, 7) is 3.71. The zero-order valence-corrected chi connectivity index (χ0v) is 10.0. The van der Waals surface area contributed by atoms with Crippen LogP contribution in [-0.4, -0.2) is 28.6 Å². The first-order valence-corrected chi connectivity index (χ1v) is 5.53. The Kier molecular flexibility index (Phi) is 5.18. The lowest BCUT2D eigenvalue weighted by Crippen LogP contribution is -2.32. The maximum atomic E-state index is 11.9. The summed E-state index contributed by atoms with van der Waals surface area (Å²) in [4.78, 5) is 15.8. The summed E-state index contributed by atoms with van der Waals surface area (Å²) in [6.07, 6.45) is 3.94. The maximum absolute atomic E-state index is 11.9. The molecule has 90 valence electrons. The van der Waals surface area contributed by atoms with Crippen LogP contribution in [0.25, 0.3) is 0 Å². The van der Waals surface area contributed by atoms with E-state index in [9.17, 15) is 4.79 Å². The largest absolute Gasteiger partial charge is 0.384 e. The molecule has 0 saturated heterocycles. The Hall–Kier alpha value is -1.86. The van der Waals surface area contributed by atoms with Gasteiger partial charge in [-0.1, -0.05) is 18.8 Å². The molecule has 1 unspecified atom stereocenters. The summed E-state index contributed by atoms with van der Waals surface area (Å²) in [7, 11) is 0. The van der Waals surface area contributed by atoms with E-state index in [1.165, 1.54) is 6.20 Å². The Morgan fingerprint density at radius 3 is 3.06 bits per heavy atom. The quantitative estimate of drug-likeness (QED) is 0.763. The van der Waals surface area contributed by atoms with Gasteiger partial charge in [-0.05, 0) is 19.4 Å². The van der Waals surface area contributed by atoms with E-state index < -0.39 is 0 Å². The summed E-state index contributed by atoms with van der Waals surface area (Å²) in [6, 6.07) is 1.74. The van der Waals surface area contributed by atoms with Gasteiger partial charge in [0, 0.05) is 18.4 Å². The van der Waals surface area contributed by atoms with Crippen LogP contribution in [0.2, 0.25) is 0 Å². The first-order chi connectivity index (χ1) is 8.19. The topological polar surface area (TPSA) is 62.2 Å². The van der Waals surface area contributed by atoms with Crippen molar-refractivity contribution in [2.45, 2.75) is 26.3 Å². The highest BCUT2D eigenvalue weighted by molar-refractivity contribution is 5.96. The summed E-state index contributed by atoms with van der Waals surface area (Å²) >= 11 is 0. The Morgan fingerprint density at radius 1 is 1.65 bits per heavy atom. The maximum Gasteiger partial charge on any atom is 0.252 e. The van der Waals surface area contributed by atoms with Gasteiger partial charge in [-0.15, -0.1) is 0 Å². The average molecular weight is 232 g/mol. The van der Waals surface area contributed by atoms with E-state index in [4.69, 9.17) is 5.11 Å². The molecule has 0 radical (unpaired) electrons. The number of amides is 1. The predicted octanol–water partition coefficient (Wildman–Crippen LogP) is 0.954. The molecular formula is C13H16N2O2. The van der Waals surface area contributed by atoms with Crippen molar-refractivity contribution in [3.63, 3.8) is 0 Å². The van der Waals surface area contributed by atoms with Gasteiger partial charge in [0.2, 0.25) is 0 Å². The summed E-state index contributed by atoms with van der Waals surface area (Å²) in [5, 5.41) is 11.5. The van der Waals surface area contributed by atoms with Gasteiger partial charge >= 0.3 is 0 Å². The lowest BCUT2D eigenvalue weighted by atomic mass is 10.1. The minimum Gasteiger partial charge on any atom is -0.384 e. The minimum absolute atomic E-state index is 0.120. The molecule has 0 fully saturated rings. The Bertz CT molecular complexity index is 446. The van der Waals surface area contributed by atoms with Crippen molar-refractivity contribution in [3.8, 4) is 11.8 Å². The van der Waals surface area contributed by atoms with Gasteiger partial charge in [0.15, 0.2) is 0 Å². The molecule has 2 N–H and O–H groups in total. The summed E-state index contributed by atoms with van der Waals surface area (Å²) < 4.78 is 0. The van der Waals surface area contributed by atoms with Gasteiger partial charge in [0.05, 0.1) is 11.1 Å². The van der Waals surface area contributed by atoms with Crippen LogP contribution in [0, 0.1) is 11.8 Å². The van der Waals surface area contributed by atoms with Gasteiger partial charge in [0.1, 0.15) is 6.61 Å². The molecule has 1 atom stereocenters. The highest BCUT2D eigenvalue weighted by Crippen LogP contribution is 2.06. The highest BCUT2D eigenvalue weighted by Gasteiger charge is 2.11. The smallest absolute Gasteiger partial charge is 0.252 e. The third-order valence-electron chi connectivity index (χ3n) is 2.36. The number of aliphatic hydroxyl groups excluding tert-OH is 1. The normalized spacial score (nSPS) is 11.2. The Balaban J connectivity index is 2.93. The molecule has 0 aliphatic carbocycles. The first kappa shape index (κ1) is 13.2. The molecule has 0 saturated carbocycles. The van der Waals surface area contributed by atoms with Gasteiger partial charge in [-0.2, -0.15) is 0 Å². The zero-order chi connectivity index (χ0) is 12.7. The van der Waals surface area contributed by atoms with Crippen LogP contribution in [0.4, 0.5) is 0 Å². The third kappa shape index (κ3) is 3.89. The number of aliphatic hydroxyl groups is 1. The van der Waals surface area contributed by atoms with E-state index in [1.807, 2.05) is 13.8 Å².